The largest absolute Gasteiger partial charge is 0.497 e. The summed E-state index contributed by atoms with van der Waals surface area (Å²) in [5.74, 6) is 0.830. The predicted octanol–water partition coefficient (Wildman–Crippen LogP) is 23.2. The van der Waals surface area contributed by atoms with Crippen LogP contribution in [-0.2, 0) is 21.8 Å². The van der Waals surface area contributed by atoms with E-state index in [2.05, 4.69) is 77.0 Å². The number of methoxy groups -OCH3 is 3. The number of ketones is 1. The number of carbonyl (C=O) groups is 5. The Morgan fingerprint density at radius 2 is 0.589 bits per heavy atom. The maximum absolute atomic E-state index is 13.1. The summed E-state index contributed by atoms with van der Waals surface area (Å²) in [5, 5.41) is 47.8. The Bertz CT molecular complexity index is 7790. The van der Waals surface area contributed by atoms with Gasteiger partial charge in [0, 0.05) is 123 Å². The predicted molar refractivity (Wildman–Crippen MR) is 525 cm³/mol. The van der Waals surface area contributed by atoms with Crippen LogP contribution in [0.4, 0.5) is 84.5 Å². The first-order chi connectivity index (χ1) is 67.9. The highest BCUT2D eigenvalue weighted by molar-refractivity contribution is 6.31. The number of aromatic carboxylic acids is 1. The lowest BCUT2D eigenvalue weighted by Gasteiger charge is -2.10. The molecule has 0 saturated heterocycles. The van der Waals surface area contributed by atoms with Crippen LogP contribution in [0.1, 0.15) is 69.8 Å². The van der Waals surface area contributed by atoms with Crippen molar-refractivity contribution < 1.29 is 69.6 Å². The lowest BCUT2D eigenvalue weighted by molar-refractivity contribution is -0.138. The molecule has 0 fully saturated rings. The van der Waals surface area contributed by atoms with E-state index in [1.54, 1.807) is 186 Å². The maximum Gasteiger partial charge on any atom is 0.416 e. The number of alkyl halides is 6. The molecule has 0 unspecified atom stereocenters. The second-order valence-electron chi connectivity index (χ2n) is 31.1. The van der Waals surface area contributed by atoms with Gasteiger partial charge in [0.25, 0.3) is 5.91 Å². The number of hydrogen-bond acceptors (Lipinski definition) is 23. The molecule has 0 aliphatic carbocycles. The average Bonchev–Trinajstić information content (AvgIpc) is 1.69. The summed E-state index contributed by atoms with van der Waals surface area (Å²) in [5.41, 5.74) is 15.0. The molecule has 20 aromatic rings. The first-order valence-corrected chi connectivity index (χ1v) is 43.5. The number of benzene rings is 10. The van der Waals surface area contributed by atoms with Gasteiger partial charge in [0.2, 0.25) is 29.7 Å². The van der Waals surface area contributed by atoms with Crippen LogP contribution in [0.15, 0.2) is 334 Å². The lowest BCUT2D eigenvalue weighted by atomic mass is 10.0. The summed E-state index contributed by atoms with van der Waals surface area (Å²) >= 11 is 12.2. The van der Waals surface area contributed by atoms with Crippen molar-refractivity contribution >= 4 is 139 Å². The molecule has 0 bridgehead atoms. The van der Waals surface area contributed by atoms with Gasteiger partial charge in [-0.2, -0.15) is 51.3 Å². The maximum atomic E-state index is 13.1. The highest BCUT2D eigenvalue weighted by atomic mass is 35.5. The second-order valence-corrected chi connectivity index (χ2v) is 32.0. The zero-order valence-electron chi connectivity index (χ0n) is 75.1. The highest BCUT2D eigenvalue weighted by Crippen LogP contribution is 2.38. The number of hydrogen-bond donors (Lipinski definition) is 6. The summed E-state index contributed by atoms with van der Waals surface area (Å²) in [4.78, 5) is 81.5. The highest BCUT2D eigenvalue weighted by Gasteiger charge is 2.32. The van der Waals surface area contributed by atoms with E-state index in [1.807, 2.05) is 140 Å². The van der Waals surface area contributed by atoms with Crippen LogP contribution in [0.25, 0.3) is 83.9 Å². The second kappa shape index (κ2) is 42.4. The third kappa shape index (κ3) is 23.3. The fourth-order valence-electron chi connectivity index (χ4n) is 14.5. The van der Waals surface area contributed by atoms with E-state index in [4.69, 9.17) is 42.5 Å². The van der Waals surface area contributed by atoms with Crippen LogP contribution >= 0.6 is 23.2 Å². The van der Waals surface area contributed by atoms with Crippen molar-refractivity contribution in [3.8, 4) is 61.4 Å². The van der Waals surface area contributed by atoms with Gasteiger partial charge in [-0.3, -0.25) is 9.59 Å². The van der Waals surface area contributed by atoms with Gasteiger partial charge in [0.1, 0.15) is 5.75 Å². The number of halogens is 8. The molecule has 0 aliphatic heterocycles. The van der Waals surface area contributed by atoms with Crippen molar-refractivity contribution in [2.45, 2.75) is 19.3 Å². The van der Waals surface area contributed by atoms with Crippen LogP contribution < -0.4 is 31.3 Å². The van der Waals surface area contributed by atoms with Crippen molar-refractivity contribution in [1.82, 2.24) is 77.9 Å². The zero-order valence-corrected chi connectivity index (χ0v) is 76.7. The fourth-order valence-corrected chi connectivity index (χ4v) is 14.8. The summed E-state index contributed by atoms with van der Waals surface area (Å²) in [7, 11) is 7.81. The number of fused-ring (bicyclic) bond motifs is 5. The summed E-state index contributed by atoms with van der Waals surface area (Å²) in [6.45, 7) is 1.49. The molecular weight excluding hydrogens is 1860 g/mol. The van der Waals surface area contributed by atoms with Crippen LogP contribution in [0.2, 0.25) is 10.0 Å². The molecule has 38 heteroatoms. The zero-order chi connectivity index (χ0) is 99.2. The first kappa shape index (κ1) is 95.9. The monoisotopic (exact) mass is 1940 g/mol. The number of Topliss-reactive ketones (excluding diaryl/α,β-unsaturated/α-hetero) is 1. The van der Waals surface area contributed by atoms with Crippen LogP contribution in [0.3, 0.4) is 0 Å². The van der Waals surface area contributed by atoms with Gasteiger partial charge >= 0.3 is 30.3 Å². The number of esters is 2. The van der Waals surface area contributed by atoms with Crippen LogP contribution in [-0.4, -0.2) is 148 Å². The Kier molecular flexibility index (Phi) is 28.8. The number of ether oxygens (including phenoxy) is 3. The molecular formula is C103H79Cl2F6N21O9. The Balaban J connectivity index is 0.000000127. The summed E-state index contributed by atoms with van der Waals surface area (Å²) in [6, 6.07) is 85.5. The number of anilines is 10. The lowest BCUT2D eigenvalue weighted by Crippen LogP contribution is -2.21. The van der Waals surface area contributed by atoms with E-state index in [-0.39, 0.29) is 35.1 Å². The number of carbonyl (C=O) groups excluding carboxylic acids is 4. The quantitative estimate of drug-likeness (QED) is 0.0221. The van der Waals surface area contributed by atoms with Crippen LogP contribution in [0, 0.1) is 0 Å². The average molecular weight is 1940 g/mol. The summed E-state index contributed by atoms with van der Waals surface area (Å²) < 4.78 is 101. The topological polar surface area (TPSA) is 348 Å². The van der Waals surface area contributed by atoms with E-state index >= 15 is 0 Å². The van der Waals surface area contributed by atoms with Crippen molar-refractivity contribution in [1.29, 1.82) is 0 Å². The van der Waals surface area contributed by atoms with Gasteiger partial charge in [-0.05, 0) is 277 Å². The number of pyridine rings is 5. The standard InChI is InChI=1S/C21H18ClN5O.C21H15F3N4O.C21H18N4O3.C20H15ClN4O2.C20H13F3N4O2/c1-26(2)20(28)14-8-10-17(11-9-14)23-21-24-19-18(7-4-12-27(19)25-21)15-5-3-6-16(22)13-15;1-13(29)14-7-9-17(10-8-14)25-20-26-19-18(6-3-11-28(19)27-20)15-4-2-5-16(12-15)21(22,23)24;1-27-17-6-3-5-15(13-17)18-7-4-12-25-19(18)23-21(24-25)22-16-10-8-14(9-11-16)20(26)28-2;1-27-19(26)13-7-9-16(10-8-13)22-20-23-18-17(6-3-11-25(18)24-20)14-4-2-5-15(21)12-14;21-20(22,23)14-4-1-3-13(11-14)16-5-2-10-27-17(16)25-19(26-27)24-15-8-6-12(7-9-15)18(28)29/h3-13H,1-2H3,(H,23,25);2-12H,1H3,(H,25,27);3-13H,1-2H3,(H,22,24);2-12H,1H3,(H,22,24);1-11H,(H,24,26)(H,28,29). The molecule has 6 N–H and O–H groups in total. The molecule has 1 amide bonds. The molecule has 0 aliphatic rings. The van der Waals surface area contributed by atoms with Crippen molar-refractivity contribution in [3.63, 3.8) is 0 Å². The third-order valence-corrected chi connectivity index (χ3v) is 21.8. The van der Waals surface area contributed by atoms with Gasteiger partial charge in [-0.1, -0.05) is 83.9 Å². The molecule has 141 heavy (non-hydrogen) atoms. The van der Waals surface area contributed by atoms with Crippen molar-refractivity contribution in [2.75, 3.05) is 62.0 Å². The number of nitrogens with one attached hydrogen (secondary N) is 5. The Morgan fingerprint density at radius 1 is 0.326 bits per heavy atom. The number of amides is 1. The molecule has 10 aromatic heterocycles. The molecule has 0 spiro atoms. The van der Waals surface area contributed by atoms with Gasteiger partial charge in [-0.25, -0.2) is 37.0 Å². The molecule has 0 atom stereocenters. The molecule has 10 heterocycles. The number of aromatic nitrogens is 15. The van der Waals surface area contributed by atoms with E-state index < -0.39 is 29.4 Å². The third-order valence-electron chi connectivity index (χ3n) is 21.3. The Morgan fingerprint density at radius 3 is 0.851 bits per heavy atom. The molecule has 20 rings (SSSR count). The van der Waals surface area contributed by atoms with Crippen molar-refractivity contribution in [2.24, 2.45) is 0 Å². The first-order valence-electron chi connectivity index (χ1n) is 42.7. The molecule has 30 nitrogen and oxygen atoms in total. The smallest absolute Gasteiger partial charge is 0.416 e. The van der Waals surface area contributed by atoms with Gasteiger partial charge in [-0.15, -0.1) is 25.5 Å². The minimum Gasteiger partial charge on any atom is -0.497 e. The van der Waals surface area contributed by atoms with Gasteiger partial charge in [0.15, 0.2) is 34.0 Å². The molecule has 10 aromatic carbocycles. The van der Waals surface area contributed by atoms with Gasteiger partial charge in [0.05, 0.1) is 49.1 Å². The fraction of sp³-hybridized carbons (Fsp3) is 0.0777. The van der Waals surface area contributed by atoms with E-state index in [0.29, 0.717) is 107 Å². The van der Waals surface area contributed by atoms with Crippen LogP contribution in [0.5, 0.6) is 5.75 Å². The van der Waals surface area contributed by atoms with E-state index in [9.17, 15) is 50.3 Å². The SMILES string of the molecule is CC(=O)c1ccc(Nc2nc3c(-c4cccc(C(F)(F)F)c4)cccn3n2)cc1.CN(C)C(=O)c1ccc(Nc2nc3c(-c4cccc(Cl)c4)cccn3n2)cc1.COC(=O)c1ccc(Nc2nc3c(-c4cccc(Cl)c4)cccn3n2)cc1.COC(=O)c1ccc(Nc2nc3c(-c4cccc(OC)c4)cccn3n2)cc1.O=C(O)c1ccc(Nc2nc3c(-c4cccc(C(F)(F)F)c4)cccn3n2)cc1. The minimum atomic E-state index is -4.44. The van der Waals surface area contributed by atoms with E-state index in [0.717, 1.165) is 91.8 Å². The normalized spacial score (nSPS) is 11.1. The number of nitrogens with zero attached hydrogens (tertiary/aromatic N) is 16. The number of carboxylic acid groups (broad SMARTS) is 1. The molecule has 706 valence electrons. The minimum absolute atomic E-state index is 0.0341. The number of carboxylic acids is 1. The van der Waals surface area contributed by atoms with Gasteiger partial charge < -0.3 is 50.8 Å². The molecule has 0 radical (unpaired) electrons. The van der Waals surface area contributed by atoms with Crippen molar-refractivity contribution in [3.05, 3.63) is 383 Å². The Labute approximate surface area is 808 Å². The van der Waals surface area contributed by atoms with E-state index in [1.165, 1.54) is 54.4 Å². The Hall–Kier alpha value is -18.2. The number of rotatable bonds is 21. The summed E-state index contributed by atoms with van der Waals surface area (Å²) in [6.07, 6.45) is -0.0292. The molecule has 0 saturated carbocycles.